The van der Waals surface area contributed by atoms with Crippen molar-refractivity contribution in [1.82, 2.24) is 5.59 Å². The van der Waals surface area contributed by atoms with Crippen LogP contribution in [0.1, 0.15) is 19.3 Å². The number of rotatable bonds is 3. The van der Waals surface area contributed by atoms with Gasteiger partial charge in [0, 0.05) is 13.0 Å². The van der Waals surface area contributed by atoms with Gasteiger partial charge in [-0.05, 0) is 12.8 Å². The minimum Gasteiger partial charge on any atom is -0.350 e. The fraction of sp³-hybridized carbons (Fsp3) is 1.00. The van der Waals surface area contributed by atoms with Crippen molar-refractivity contribution in [2.45, 2.75) is 25.6 Å². The van der Waals surface area contributed by atoms with E-state index in [4.69, 9.17) is 4.74 Å². The summed E-state index contributed by atoms with van der Waals surface area (Å²) in [4.78, 5) is 14.2. The van der Waals surface area contributed by atoms with Gasteiger partial charge in [0.25, 0.3) is 0 Å². The molecule has 0 aliphatic carbocycles. The van der Waals surface area contributed by atoms with E-state index in [1.54, 1.807) is 0 Å². The molecule has 1 fully saturated rings. The van der Waals surface area contributed by atoms with Crippen LogP contribution in [0.4, 0.5) is 0 Å². The summed E-state index contributed by atoms with van der Waals surface area (Å²) in [6.07, 6.45) is 2.66. The summed E-state index contributed by atoms with van der Waals surface area (Å²) >= 11 is 0. The molecular formula is C5H10N2O3. The topological polar surface area (TPSA) is 59.9 Å². The maximum atomic E-state index is 9.51. The van der Waals surface area contributed by atoms with E-state index >= 15 is 0 Å². The third-order valence-corrected chi connectivity index (χ3v) is 1.36. The van der Waals surface area contributed by atoms with Gasteiger partial charge in [-0.3, -0.25) is 0 Å². The van der Waals surface area contributed by atoms with E-state index in [1.807, 2.05) is 5.59 Å². The minimum atomic E-state index is -0.300. The average Bonchev–Trinajstić information content (AvgIpc) is 2.03. The van der Waals surface area contributed by atoms with Crippen LogP contribution in [0.5, 0.6) is 0 Å². The SMILES string of the molecule is O=NNOC1CCCCO1. The highest BCUT2D eigenvalue weighted by molar-refractivity contribution is 4.52. The zero-order chi connectivity index (χ0) is 7.23. The van der Waals surface area contributed by atoms with E-state index in [2.05, 4.69) is 10.1 Å². The number of ether oxygens (including phenoxy) is 1. The maximum Gasteiger partial charge on any atom is 0.185 e. The maximum absolute atomic E-state index is 9.51. The molecule has 1 rings (SSSR count). The number of hydrogen-bond acceptors (Lipinski definition) is 4. The van der Waals surface area contributed by atoms with E-state index < -0.39 is 0 Å². The molecule has 1 unspecified atom stereocenters. The van der Waals surface area contributed by atoms with E-state index in [0.29, 0.717) is 6.61 Å². The van der Waals surface area contributed by atoms with Gasteiger partial charge in [-0.1, -0.05) is 0 Å². The van der Waals surface area contributed by atoms with Crippen LogP contribution in [0.25, 0.3) is 0 Å². The Morgan fingerprint density at radius 1 is 1.60 bits per heavy atom. The number of hydrogen-bond donors (Lipinski definition) is 1. The molecule has 0 aromatic rings. The molecule has 10 heavy (non-hydrogen) atoms. The fourth-order valence-electron chi connectivity index (χ4n) is 0.884. The van der Waals surface area contributed by atoms with Crippen molar-refractivity contribution < 1.29 is 9.57 Å². The molecule has 58 valence electrons. The molecule has 5 nitrogen and oxygen atoms in total. The molecular weight excluding hydrogens is 136 g/mol. The highest BCUT2D eigenvalue weighted by Gasteiger charge is 2.13. The molecule has 0 aromatic carbocycles. The summed E-state index contributed by atoms with van der Waals surface area (Å²) in [5.41, 5.74) is 1.86. The lowest BCUT2D eigenvalue weighted by atomic mass is 10.2. The van der Waals surface area contributed by atoms with Crippen molar-refractivity contribution in [3.63, 3.8) is 0 Å². The van der Waals surface area contributed by atoms with Crippen molar-refractivity contribution in [3.8, 4) is 0 Å². The number of nitroso groups, excluding NO2 is 1. The van der Waals surface area contributed by atoms with Crippen LogP contribution in [0.15, 0.2) is 5.29 Å². The van der Waals surface area contributed by atoms with Crippen LogP contribution in [0.3, 0.4) is 0 Å². The highest BCUT2D eigenvalue weighted by Crippen LogP contribution is 2.12. The first-order valence-corrected chi connectivity index (χ1v) is 3.28. The molecule has 1 saturated heterocycles. The second-order valence-corrected chi connectivity index (χ2v) is 2.10. The standard InChI is InChI=1S/C5H10N2O3/c8-6-7-10-5-3-1-2-4-9-5/h5H,1-4H2,(H,7,8). The van der Waals surface area contributed by atoms with Gasteiger partial charge in [0.1, 0.15) is 0 Å². The largest absolute Gasteiger partial charge is 0.350 e. The minimum absolute atomic E-state index is 0.300. The fourth-order valence-corrected chi connectivity index (χ4v) is 0.884. The molecule has 1 aliphatic rings. The van der Waals surface area contributed by atoms with Gasteiger partial charge in [0.15, 0.2) is 6.29 Å². The Hall–Kier alpha value is -0.680. The molecule has 1 aliphatic heterocycles. The molecule has 1 N–H and O–H groups in total. The summed E-state index contributed by atoms with van der Waals surface area (Å²) in [6.45, 7) is 0.700. The summed E-state index contributed by atoms with van der Waals surface area (Å²) in [7, 11) is 0. The molecule has 0 amide bonds. The van der Waals surface area contributed by atoms with Crippen molar-refractivity contribution >= 4 is 0 Å². The number of nitrogens with zero attached hydrogens (tertiary/aromatic N) is 1. The Labute approximate surface area is 58.6 Å². The van der Waals surface area contributed by atoms with Gasteiger partial charge < -0.3 is 4.74 Å². The molecule has 0 bridgehead atoms. The van der Waals surface area contributed by atoms with Crippen molar-refractivity contribution in [2.24, 2.45) is 5.29 Å². The molecule has 0 aromatic heterocycles. The van der Waals surface area contributed by atoms with Gasteiger partial charge in [0.2, 0.25) is 0 Å². The highest BCUT2D eigenvalue weighted by atomic mass is 16.8. The average molecular weight is 146 g/mol. The van der Waals surface area contributed by atoms with Gasteiger partial charge in [0.05, 0.1) is 5.29 Å². The third-order valence-electron chi connectivity index (χ3n) is 1.36. The van der Waals surface area contributed by atoms with Crippen LogP contribution < -0.4 is 5.59 Å². The van der Waals surface area contributed by atoms with Crippen LogP contribution in [0, 0.1) is 4.91 Å². The lowest BCUT2D eigenvalue weighted by Gasteiger charge is -2.20. The summed E-state index contributed by atoms with van der Waals surface area (Å²) in [5, 5.41) is 2.33. The first-order chi connectivity index (χ1) is 4.93. The van der Waals surface area contributed by atoms with Crippen molar-refractivity contribution in [2.75, 3.05) is 6.61 Å². The molecule has 0 radical (unpaired) electrons. The Bertz CT molecular complexity index is 103. The first-order valence-electron chi connectivity index (χ1n) is 3.28. The van der Waals surface area contributed by atoms with Gasteiger partial charge in [-0.2, -0.15) is 0 Å². The molecule has 5 heteroatoms. The third kappa shape index (κ3) is 2.28. The smallest absolute Gasteiger partial charge is 0.185 e. The second-order valence-electron chi connectivity index (χ2n) is 2.10. The Morgan fingerprint density at radius 2 is 2.50 bits per heavy atom. The van der Waals surface area contributed by atoms with Crippen molar-refractivity contribution in [1.29, 1.82) is 0 Å². The van der Waals surface area contributed by atoms with Gasteiger partial charge in [-0.25, -0.2) is 4.84 Å². The normalized spacial score (nSPS) is 25.8. The zero-order valence-electron chi connectivity index (χ0n) is 5.58. The summed E-state index contributed by atoms with van der Waals surface area (Å²) < 4.78 is 5.10. The Balaban J connectivity index is 2.07. The lowest BCUT2D eigenvalue weighted by Crippen LogP contribution is -2.26. The van der Waals surface area contributed by atoms with Crippen LogP contribution >= 0.6 is 0 Å². The summed E-state index contributed by atoms with van der Waals surface area (Å²) in [5.74, 6) is 0. The van der Waals surface area contributed by atoms with E-state index in [0.717, 1.165) is 19.3 Å². The van der Waals surface area contributed by atoms with Crippen LogP contribution in [-0.4, -0.2) is 12.9 Å². The van der Waals surface area contributed by atoms with E-state index in [1.165, 1.54) is 0 Å². The van der Waals surface area contributed by atoms with Crippen molar-refractivity contribution in [3.05, 3.63) is 4.91 Å². The molecule has 0 spiro atoms. The number of nitrogens with one attached hydrogen (secondary N) is 1. The quantitative estimate of drug-likeness (QED) is 0.470. The molecule has 0 saturated carbocycles. The van der Waals surface area contributed by atoms with E-state index in [9.17, 15) is 4.91 Å². The Morgan fingerprint density at radius 3 is 3.10 bits per heavy atom. The van der Waals surface area contributed by atoms with E-state index in [-0.39, 0.29) is 6.29 Å². The predicted octanol–water partition coefficient (Wildman–Crippen LogP) is 0.716. The Kier molecular flexibility index (Phi) is 3.11. The molecule has 1 atom stereocenters. The van der Waals surface area contributed by atoms with Crippen LogP contribution in [-0.2, 0) is 9.57 Å². The second kappa shape index (κ2) is 4.19. The predicted molar refractivity (Wildman–Crippen MR) is 33.6 cm³/mol. The lowest BCUT2D eigenvalue weighted by molar-refractivity contribution is -0.196. The zero-order valence-corrected chi connectivity index (χ0v) is 5.58. The monoisotopic (exact) mass is 146 g/mol. The molecule has 1 heterocycles. The first kappa shape index (κ1) is 7.43. The van der Waals surface area contributed by atoms with Gasteiger partial charge >= 0.3 is 0 Å². The van der Waals surface area contributed by atoms with Gasteiger partial charge in [-0.15, -0.1) is 10.5 Å². The summed E-state index contributed by atoms with van der Waals surface area (Å²) in [6, 6.07) is 0. The van der Waals surface area contributed by atoms with Crippen LogP contribution in [0.2, 0.25) is 0 Å².